The second-order valence-electron chi connectivity index (χ2n) is 6.30. The molecular weight excluding hydrogens is 292 g/mol. The molecule has 0 aromatic heterocycles. The van der Waals surface area contributed by atoms with Crippen molar-refractivity contribution in [1.29, 1.82) is 0 Å². The number of ether oxygens (including phenoxy) is 1. The lowest BCUT2D eigenvalue weighted by molar-refractivity contribution is 0.181. The predicted molar refractivity (Wildman–Crippen MR) is 90.4 cm³/mol. The van der Waals surface area contributed by atoms with Crippen molar-refractivity contribution in [2.45, 2.75) is 26.3 Å². The summed E-state index contributed by atoms with van der Waals surface area (Å²) in [6.07, 6.45) is 2.17. The maximum Gasteiger partial charge on any atom is 0.414 e. The van der Waals surface area contributed by atoms with Crippen molar-refractivity contribution < 1.29 is 9.53 Å². The van der Waals surface area contributed by atoms with E-state index in [1.165, 1.54) is 12.8 Å². The van der Waals surface area contributed by atoms with Gasteiger partial charge in [0.15, 0.2) is 5.96 Å². The van der Waals surface area contributed by atoms with Gasteiger partial charge in [0.25, 0.3) is 0 Å². The number of cyclic esters (lactones) is 1. The van der Waals surface area contributed by atoms with Gasteiger partial charge in [-0.3, -0.25) is 4.90 Å². The minimum absolute atomic E-state index is 0.278. The van der Waals surface area contributed by atoms with E-state index in [-0.39, 0.29) is 6.09 Å². The molecule has 1 aromatic carbocycles. The quantitative estimate of drug-likeness (QED) is 0.685. The Balaban J connectivity index is 1.59. The predicted octanol–water partition coefficient (Wildman–Crippen LogP) is 2.19. The third kappa shape index (κ3) is 3.75. The minimum Gasteiger partial charge on any atom is -0.447 e. The lowest BCUT2D eigenvalue weighted by atomic mass is 10.0. The van der Waals surface area contributed by atoms with Gasteiger partial charge in [0, 0.05) is 18.8 Å². The number of nitrogens with two attached hydrogens (primary N) is 1. The van der Waals surface area contributed by atoms with Crippen molar-refractivity contribution in [2.75, 3.05) is 31.1 Å². The largest absolute Gasteiger partial charge is 0.447 e. The number of amides is 1. The number of hydrogen-bond acceptors (Lipinski definition) is 3. The molecule has 0 saturated carbocycles. The van der Waals surface area contributed by atoms with Gasteiger partial charge in [0.05, 0.1) is 13.1 Å². The Morgan fingerprint density at radius 3 is 2.78 bits per heavy atom. The Hall–Kier alpha value is -2.24. The van der Waals surface area contributed by atoms with E-state index < -0.39 is 0 Å². The molecule has 0 spiro atoms. The van der Waals surface area contributed by atoms with Gasteiger partial charge in [0.1, 0.15) is 6.61 Å². The van der Waals surface area contributed by atoms with Crippen molar-refractivity contribution in [3.8, 4) is 0 Å². The fraction of sp³-hybridized carbons (Fsp3) is 0.529. The lowest BCUT2D eigenvalue weighted by Gasteiger charge is -2.31. The summed E-state index contributed by atoms with van der Waals surface area (Å²) >= 11 is 0. The molecule has 1 unspecified atom stereocenters. The van der Waals surface area contributed by atoms with Gasteiger partial charge in [-0.2, -0.15) is 0 Å². The molecule has 0 aliphatic carbocycles. The maximum atomic E-state index is 11.5. The highest BCUT2D eigenvalue weighted by molar-refractivity contribution is 5.89. The fourth-order valence-electron chi connectivity index (χ4n) is 3.08. The molecule has 124 valence electrons. The summed E-state index contributed by atoms with van der Waals surface area (Å²) in [5.74, 6) is 1.31. The number of carbonyl (C=O) groups excluding carboxylic acids is 1. The number of aliphatic imine (C=N–C) groups is 1. The molecule has 6 heteroatoms. The Kier molecular flexibility index (Phi) is 4.69. The van der Waals surface area contributed by atoms with Gasteiger partial charge in [-0.1, -0.05) is 19.1 Å². The first-order valence-electron chi connectivity index (χ1n) is 8.21. The van der Waals surface area contributed by atoms with Crippen LogP contribution in [-0.4, -0.2) is 43.2 Å². The number of likely N-dealkylation sites (tertiary alicyclic amines) is 1. The van der Waals surface area contributed by atoms with Gasteiger partial charge >= 0.3 is 6.09 Å². The van der Waals surface area contributed by atoms with E-state index in [0.717, 1.165) is 24.3 Å². The number of benzene rings is 1. The summed E-state index contributed by atoms with van der Waals surface area (Å²) < 4.78 is 4.95. The molecule has 2 heterocycles. The van der Waals surface area contributed by atoms with Crippen molar-refractivity contribution in [3.63, 3.8) is 0 Å². The monoisotopic (exact) mass is 316 g/mol. The summed E-state index contributed by atoms with van der Waals surface area (Å²) in [4.78, 5) is 19.9. The van der Waals surface area contributed by atoms with Crippen LogP contribution in [0.15, 0.2) is 29.3 Å². The molecule has 2 saturated heterocycles. The van der Waals surface area contributed by atoms with E-state index in [9.17, 15) is 4.79 Å². The van der Waals surface area contributed by atoms with E-state index in [1.54, 1.807) is 4.90 Å². The highest BCUT2D eigenvalue weighted by Gasteiger charge is 2.23. The molecule has 1 atom stereocenters. The van der Waals surface area contributed by atoms with Crippen molar-refractivity contribution in [1.82, 2.24) is 4.90 Å². The van der Waals surface area contributed by atoms with Crippen LogP contribution in [0.5, 0.6) is 0 Å². The first-order chi connectivity index (χ1) is 11.1. The van der Waals surface area contributed by atoms with Crippen LogP contribution in [-0.2, 0) is 11.3 Å². The summed E-state index contributed by atoms with van der Waals surface area (Å²) in [5.41, 5.74) is 8.05. The first-order valence-corrected chi connectivity index (χ1v) is 8.21. The average Bonchev–Trinajstić information content (AvgIpc) is 2.99. The summed E-state index contributed by atoms with van der Waals surface area (Å²) in [6, 6.07) is 7.82. The fourth-order valence-corrected chi connectivity index (χ4v) is 3.08. The Morgan fingerprint density at radius 2 is 2.13 bits per heavy atom. The molecule has 23 heavy (non-hydrogen) atoms. The molecule has 1 aromatic rings. The van der Waals surface area contributed by atoms with Crippen LogP contribution in [0.3, 0.4) is 0 Å². The van der Waals surface area contributed by atoms with Gasteiger partial charge in [-0.25, -0.2) is 9.79 Å². The van der Waals surface area contributed by atoms with Crippen LogP contribution >= 0.6 is 0 Å². The molecule has 3 rings (SSSR count). The Morgan fingerprint density at radius 1 is 1.35 bits per heavy atom. The van der Waals surface area contributed by atoms with Gasteiger partial charge in [-0.15, -0.1) is 0 Å². The number of nitrogens with zero attached hydrogens (tertiary/aromatic N) is 3. The number of rotatable bonds is 3. The van der Waals surface area contributed by atoms with Crippen LogP contribution < -0.4 is 10.6 Å². The molecule has 0 bridgehead atoms. The number of piperidine rings is 1. The third-order valence-electron chi connectivity index (χ3n) is 4.41. The Labute approximate surface area is 136 Å². The second kappa shape index (κ2) is 6.89. The smallest absolute Gasteiger partial charge is 0.414 e. The van der Waals surface area contributed by atoms with E-state index in [0.29, 0.717) is 31.6 Å². The van der Waals surface area contributed by atoms with Gasteiger partial charge < -0.3 is 15.4 Å². The Bertz CT molecular complexity index is 585. The molecule has 2 fully saturated rings. The zero-order valence-electron chi connectivity index (χ0n) is 13.6. The SMILES string of the molecule is CC1CCCN(C(N)=NCc2ccc(N3CCOC3=O)cc2)C1. The topological polar surface area (TPSA) is 71.2 Å². The normalized spacial score (nSPS) is 22.4. The molecule has 2 aliphatic heterocycles. The average molecular weight is 316 g/mol. The van der Waals surface area contributed by atoms with Crippen molar-refractivity contribution in [2.24, 2.45) is 16.6 Å². The first kappa shape index (κ1) is 15.6. The van der Waals surface area contributed by atoms with E-state index in [2.05, 4.69) is 16.8 Å². The molecule has 1 amide bonds. The van der Waals surface area contributed by atoms with E-state index in [4.69, 9.17) is 10.5 Å². The minimum atomic E-state index is -0.278. The third-order valence-corrected chi connectivity index (χ3v) is 4.41. The number of carbonyl (C=O) groups is 1. The van der Waals surface area contributed by atoms with Crippen LogP contribution in [0.2, 0.25) is 0 Å². The standard InChI is InChI=1S/C17H24N4O2/c1-13-3-2-8-20(12-13)16(18)19-11-14-4-6-15(7-5-14)21-9-10-23-17(21)22/h4-7,13H,2-3,8-12H2,1H3,(H2,18,19). The number of hydrogen-bond donors (Lipinski definition) is 1. The van der Waals surface area contributed by atoms with Crippen molar-refractivity contribution >= 4 is 17.7 Å². The van der Waals surface area contributed by atoms with Crippen LogP contribution in [0.4, 0.5) is 10.5 Å². The maximum absolute atomic E-state index is 11.5. The van der Waals surface area contributed by atoms with Crippen LogP contribution in [0.1, 0.15) is 25.3 Å². The molecule has 2 N–H and O–H groups in total. The van der Waals surface area contributed by atoms with Gasteiger partial charge in [-0.05, 0) is 36.5 Å². The van der Waals surface area contributed by atoms with Crippen LogP contribution in [0, 0.1) is 5.92 Å². The van der Waals surface area contributed by atoms with E-state index >= 15 is 0 Å². The van der Waals surface area contributed by atoms with Crippen LogP contribution in [0.25, 0.3) is 0 Å². The number of guanidine groups is 1. The summed E-state index contributed by atoms with van der Waals surface area (Å²) in [7, 11) is 0. The molecule has 2 aliphatic rings. The highest BCUT2D eigenvalue weighted by Crippen LogP contribution is 2.20. The highest BCUT2D eigenvalue weighted by atomic mass is 16.6. The zero-order valence-corrected chi connectivity index (χ0v) is 13.6. The molecule has 0 radical (unpaired) electrons. The van der Waals surface area contributed by atoms with Gasteiger partial charge in [0.2, 0.25) is 0 Å². The number of anilines is 1. The van der Waals surface area contributed by atoms with Crippen molar-refractivity contribution in [3.05, 3.63) is 29.8 Å². The lowest BCUT2D eigenvalue weighted by Crippen LogP contribution is -2.43. The molecule has 6 nitrogen and oxygen atoms in total. The zero-order chi connectivity index (χ0) is 16.2. The molecular formula is C17H24N4O2. The summed E-state index contributed by atoms with van der Waals surface area (Å²) in [6.45, 7) is 5.86. The second-order valence-corrected chi connectivity index (χ2v) is 6.30. The van der Waals surface area contributed by atoms with E-state index in [1.807, 2.05) is 24.3 Å². The summed E-state index contributed by atoms with van der Waals surface area (Å²) in [5, 5.41) is 0.